The summed E-state index contributed by atoms with van der Waals surface area (Å²) in [5, 5.41) is 12.6. The van der Waals surface area contributed by atoms with Gasteiger partial charge < -0.3 is 14.5 Å². The number of carbonyl (C=O) groups is 2. The highest BCUT2D eigenvalue weighted by molar-refractivity contribution is 5.82. The first-order valence-electron chi connectivity index (χ1n) is 6.58. The predicted octanol–water partition coefficient (Wildman–Crippen LogP) is 1.37. The lowest BCUT2D eigenvalue weighted by molar-refractivity contribution is -0.144. The molecular formula is C15H16N2O4. The van der Waals surface area contributed by atoms with Gasteiger partial charge in [-0.05, 0) is 12.0 Å². The van der Waals surface area contributed by atoms with Gasteiger partial charge in [0.2, 0.25) is 5.91 Å². The molecule has 1 heterocycles. The third-order valence-corrected chi connectivity index (χ3v) is 3.02. The summed E-state index contributed by atoms with van der Waals surface area (Å²) in [7, 11) is 0. The quantitative estimate of drug-likeness (QED) is 0.832. The van der Waals surface area contributed by atoms with E-state index in [-0.39, 0.29) is 18.9 Å². The molecule has 6 nitrogen and oxygen atoms in total. The Morgan fingerprint density at radius 3 is 2.57 bits per heavy atom. The van der Waals surface area contributed by atoms with Gasteiger partial charge in [0.25, 0.3) is 0 Å². The van der Waals surface area contributed by atoms with Crippen LogP contribution in [0.15, 0.2) is 47.2 Å². The van der Waals surface area contributed by atoms with Crippen LogP contribution < -0.4 is 0 Å². The van der Waals surface area contributed by atoms with Crippen molar-refractivity contribution >= 4 is 11.9 Å². The van der Waals surface area contributed by atoms with Crippen molar-refractivity contribution < 1.29 is 19.2 Å². The minimum Gasteiger partial charge on any atom is -0.480 e. The topological polar surface area (TPSA) is 83.6 Å². The lowest BCUT2D eigenvalue weighted by Gasteiger charge is -2.20. The lowest BCUT2D eigenvalue weighted by Crippen LogP contribution is -2.38. The van der Waals surface area contributed by atoms with Gasteiger partial charge in [0.15, 0.2) is 0 Å². The van der Waals surface area contributed by atoms with Crippen LogP contribution >= 0.6 is 0 Å². The van der Waals surface area contributed by atoms with Crippen LogP contribution in [0.5, 0.6) is 0 Å². The maximum atomic E-state index is 12.1. The molecule has 1 aromatic heterocycles. The fourth-order valence-electron chi connectivity index (χ4n) is 1.96. The molecular weight excluding hydrogens is 272 g/mol. The summed E-state index contributed by atoms with van der Waals surface area (Å²) >= 11 is 0. The number of carboxylic acids is 1. The van der Waals surface area contributed by atoms with Crippen LogP contribution in [-0.4, -0.2) is 40.1 Å². The normalized spacial score (nSPS) is 10.3. The van der Waals surface area contributed by atoms with Gasteiger partial charge in [-0.2, -0.15) is 0 Å². The van der Waals surface area contributed by atoms with E-state index in [2.05, 4.69) is 9.68 Å². The summed E-state index contributed by atoms with van der Waals surface area (Å²) in [4.78, 5) is 24.4. The van der Waals surface area contributed by atoms with E-state index in [4.69, 9.17) is 5.11 Å². The second-order valence-corrected chi connectivity index (χ2v) is 4.61. The molecule has 0 unspecified atom stereocenters. The highest BCUT2D eigenvalue weighted by Gasteiger charge is 2.18. The third kappa shape index (κ3) is 4.76. The number of carboxylic acid groups (broad SMARTS) is 1. The summed E-state index contributed by atoms with van der Waals surface area (Å²) in [6.07, 6.45) is 2.03. The number of aliphatic carboxylic acids is 1. The number of hydrogen-bond acceptors (Lipinski definition) is 4. The molecule has 21 heavy (non-hydrogen) atoms. The van der Waals surface area contributed by atoms with Crippen molar-refractivity contribution in [1.82, 2.24) is 10.1 Å². The molecule has 0 fully saturated rings. The van der Waals surface area contributed by atoms with Crippen LogP contribution in [0.3, 0.4) is 0 Å². The van der Waals surface area contributed by atoms with E-state index in [1.54, 1.807) is 6.07 Å². The molecule has 6 heteroatoms. The maximum Gasteiger partial charge on any atom is 0.323 e. The zero-order valence-electron chi connectivity index (χ0n) is 11.4. The van der Waals surface area contributed by atoms with Crippen LogP contribution in [0.2, 0.25) is 0 Å². The Bertz CT molecular complexity index is 581. The SMILES string of the molecule is O=C(O)CN(CCc1ccccc1)C(=O)Cc1ccon1. The number of hydrogen-bond donors (Lipinski definition) is 1. The van der Waals surface area contributed by atoms with Gasteiger partial charge in [0.05, 0.1) is 12.1 Å². The third-order valence-electron chi connectivity index (χ3n) is 3.02. The highest BCUT2D eigenvalue weighted by atomic mass is 16.5. The summed E-state index contributed by atoms with van der Waals surface area (Å²) in [6, 6.07) is 11.2. The fourth-order valence-corrected chi connectivity index (χ4v) is 1.96. The summed E-state index contributed by atoms with van der Waals surface area (Å²) in [6.45, 7) is 0.0382. The predicted molar refractivity (Wildman–Crippen MR) is 74.6 cm³/mol. The van der Waals surface area contributed by atoms with Gasteiger partial charge >= 0.3 is 5.97 Å². The van der Waals surface area contributed by atoms with Gasteiger partial charge in [0, 0.05) is 12.6 Å². The van der Waals surface area contributed by atoms with Crippen molar-refractivity contribution in [3.63, 3.8) is 0 Å². The second kappa shape index (κ2) is 7.23. The monoisotopic (exact) mass is 288 g/mol. The van der Waals surface area contributed by atoms with Crippen molar-refractivity contribution in [3.05, 3.63) is 53.9 Å². The van der Waals surface area contributed by atoms with Crippen molar-refractivity contribution in [2.75, 3.05) is 13.1 Å². The Morgan fingerprint density at radius 2 is 1.95 bits per heavy atom. The molecule has 2 aromatic rings. The van der Waals surface area contributed by atoms with E-state index in [1.165, 1.54) is 11.2 Å². The first-order valence-corrected chi connectivity index (χ1v) is 6.58. The fraction of sp³-hybridized carbons (Fsp3) is 0.267. The van der Waals surface area contributed by atoms with Crippen LogP contribution in [0.1, 0.15) is 11.3 Å². The summed E-state index contributed by atoms with van der Waals surface area (Å²) in [5.41, 5.74) is 1.55. The summed E-state index contributed by atoms with van der Waals surface area (Å²) in [5.74, 6) is -1.31. The van der Waals surface area contributed by atoms with E-state index in [0.717, 1.165) is 5.56 Å². The number of carbonyl (C=O) groups excluding carboxylic acids is 1. The number of nitrogens with zero attached hydrogens (tertiary/aromatic N) is 2. The van der Waals surface area contributed by atoms with Crippen molar-refractivity contribution in [1.29, 1.82) is 0 Å². The number of rotatable bonds is 7. The number of benzene rings is 1. The van der Waals surface area contributed by atoms with Gasteiger partial charge in [-0.25, -0.2) is 0 Å². The Balaban J connectivity index is 1.96. The molecule has 0 aliphatic carbocycles. The lowest BCUT2D eigenvalue weighted by atomic mass is 10.1. The molecule has 1 amide bonds. The average molecular weight is 288 g/mol. The van der Waals surface area contributed by atoms with Gasteiger partial charge in [-0.3, -0.25) is 9.59 Å². The average Bonchev–Trinajstić information content (AvgIpc) is 2.97. The highest BCUT2D eigenvalue weighted by Crippen LogP contribution is 2.05. The smallest absolute Gasteiger partial charge is 0.323 e. The standard InChI is InChI=1S/C15H16N2O4/c18-14(10-13-7-9-21-16-13)17(11-15(19)20)8-6-12-4-2-1-3-5-12/h1-5,7,9H,6,8,10-11H2,(H,19,20). The van der Waals surface area contributed by atoms with Gasteiger partial charge in [-0.15, -0.1) is 0 Å². The zero-order chi connectivity index (χ0) is 15.1. The first kappa shape index (κ1) is 14.8. The Kier molecular flexibility index (Phi) is 5.09. The van der Waals surface area contributed by atoms with Crippen LogP contribution in [-0.2, 0) is 22.4 Å². The Morgan fingerprint density at radius 1 is 1.19 bits per heavy atom. The molecule has 2 rings (SSSR count). The number of amides is 1. The van der Waals surface area contributed by atoms with E-state index < -0.39 is 5.97 Å². The van der Waals surface area contributed by atoms with Crippen molar-refractivity contribution in [2.24, 2.45) is 0 Å². The largest absolute Gasteiger partial charge is 0.480 e. The molecule has 0 atom stereocenters. The Hall–Kier alpha value is -2.63. The molecule has 0 saturated heterocycles. The molecule has 0 radical (unpaired) electrons. The van der Waals surface area contributed by atoms with Gasteiger partial charge in [-0.1, -0.05) is 35.5 Å². The molecule has 0 aliphatic rings. The molecule has 1 N–H and O–H groups in total. The molecule has 0 saturated carbocycles. The van der Waals surface area contributed by atoms with Crippen LogP contribution in [0, 0.1) is 0 Å². The zero-order valence-corrected chi connectivity index (χ0v) is 11.4. The van der Waals surface area contributed by atoms with E-state index >= 15 is 0 Å². The first-order chi connectivity index (χ1) is 10.1. The van der Waals surface area contributed by atoms with E-state index in [1.807, 2.05) is 30.3 Å². The molecule has 110 valence electrons. The van der Waals surface area contributed by atoms with Crippen LogP contribution in [0.4, 0.5) is 0 Å². The molecule has 0 aliphatic heterocycles. The van der Waals surface area contributed by atoms with E-state index in [0.29, 0.717) is 18.7 Å². The van der Waals surface area contributed by atoms with Gasteiger partial charge in [0.1, 0.15) is 12.8 Å². The molecule has 0 spiro atoms. The second-order valence-electron chi connectivity index (χ2n) is 4.61. The van der Waals surface area contributed by atoms with Crippen molar-refractivity contribution in [3.8, 4) is 0 Å². The molecule has 0 bridgehead atoms. The minimum atomic E-state index is -1.03. The van der Waals surface area contributed by atoms with Crippen LogP contribution in [0.25, 0.3) is 0 Å². The molecule has 1 aromatic carbocycles. The Labute approximate surface area is 122 Å². The van der Waals surface area contributed by atoms with Crippen molar-refractivity contribution in [2.45, 2.75) is 12.8 Å². The van der Waals surface area contributed by atoms with E-state index in [9.17, 15) is 9.59 Å². The summed E-state index contributed by atoms with van der Waals surface area (Å²) < 4.78 is 4.67. The number of aromatic nitrogens is 1. The minimum absolute atomic E-state index is 0.0402. The maximum absolute atomic E-state index is 12.1.